The summed E-state index contributed by atoms with van der Waals surface area (Å²) in [6.07, 6.45) is 1.86. The lowest BCUT2D eigenvalue weighted by atomic mass is 10.2. The zero-order valence-corrected chi connectivity index (χ0v) is 16.3. The van der Waals surface area contributed by atoms with Gasteiger partial charge in [0.05, 0.1) is 10.5 Å². The summed E-state index contributed by atoms with van der Waals surface area (Å²) in [5, 5.41) is 11.6. The first-order valence-corrected chi connectivity index (χ1v) is 9.60. The van der Waals surface area contributed by atoms with E-state index in [2.05, 4.69) is 5.32 Å². The number of carboxylic acid groups (broad SMARTS) is 1. The number of carboxylic acids is 1. The number of carbonyl (C=O) groups excluding carboxylic acids is 2. The highest BCUT2D eigenvalue weighted by molar-refractivity contribution is 8.26. The number of benzene rings is 2. The lowest BCUT2D eigenvalue weighted by molar-refractivity contribution is -0.122. The smallest absolute Gasteiger partial charge is 0.335 e. The van der Waals surface area contributed by atoms with Gasteiger partial charge in [-0.1, -0.05) is 54.3 Å². The van der Waals surface area contributed by atoms with Crippen molar-refractivity contribution in [3.63, 3.8) is 0 Å². The predicted octanol–water partition coefficient (Wildman–Crippen LogP) is 3.61. The molecule has 28 heavy (non-hydrogen) atoms. The predicted molar refractivity (Wildman–Crippen MR) is 113 cm³/mol. The summed E-state index contributed by atoms with van der Waals surface area (Å²) >= 11 is 6.49. The van der Waals surface area contributed by atoms with Crippen molar-refractivity contribution in [3.05, 3.63) is 70.6 Å². The molecule has 8 heteroatoms. The van der Waals surface area contributed by atoms with Gasteiger partial charge in [-0.25, -0.2) is 4.79 Å². The Kier molecular flexibility index (Phi) is 6.23. The average Bonchev–Trinajstić information content (AvgIpc) is 2.94. The third-order valence-electron chi connectivity index (χ3n) is 3.95. The number of nitrogens with zero attached hydrogens (tertiary/aromatic N) is 1. The van der Waals surface area contributed by atoms with Crippen molar-refractivity contribution in [1.29, 1.82) is 0 Å². The van der Waals surface area contributed by atoms with E-state index in [9.17, 15) is 14.4 Å². The van der Waals surface area contributed by atoms with E-state index in [4.69, 9.17) is 17.3 Å². The number of hydrogen-bond donors (Lipinski definition) is 2. The highest BCUT2D eigenvalue weighted by atomic mass is 32.2. The minimum atomic E-state index is -1.03. The van der Waals surface area contributed by atoms with Crippen LogP contribution in [0, 0.1) is 0 Å². The van der Waals surface area contributed by atoms with E-state index >= 15 is 0 Å². The van der Waals surface area contributed by atoms with Crippen LogP contribution in [0.25, 0.3) is 6.08 Å². The average molecular weight is 412 g/mol. The van der Waals surface area contributed by atoms with E-state index < -0.39 is 5.97 Å². The van der Waals surface area contributed by atoms with Crippen molar-refractivity contribution in [2.45, 2.75) is 6.42 Å². The Bertz CT molecular complexity index is 956. The van der Waals surface area contributed by atoms with Gasteiger partial charge in [-0.3, -0.25) is 14.5 Å². The van der Waals surface area contributed by atoms with Gasteiger partial charge in [-0.2, -0.15) is 0 Å². The Hall–Kier alpha value is -2.97. The quantitative estimate of drug-likeness (QED) is 0.557. The first kappa shape index (κ1) is 19.8. The van der Waals surface area contributed by atoms with Crippen LogP contribution >= 0.6 is 24.0 Å². The summed E-state index contributed by atoms with van der Waals surface area (Å²) in [5.41, 5.74) is 1.54. The SMILES string of the molecule is O=C(CCN1C(=O)/C(=C/c2ccccc2)SC1=S)Nc1ccc(C(=O)O)cc1. The van der Waals surface area contributed by atoms with Gasteiger partial charge in [0, 0.05) is 18.7 Å². The molecule has 0 radical (unpaired) electrons. The van der Waals surface area contributed by atoms with Gasteiger partial charge in [-0.15, -0.1) is 0 Å². The zero-order chi connectivity index (χ0) is 20.1. The molecule has 0 saturated carbocycles. The van der Waals surface area contributed by atoms with E-state index in [0.29, 0.717) is 14.9 Å². The summed E-state index contributed by atoms with van der Waals surface area (Å²) in [7, 11) is 0. The number of carbonyl (C=O) groups is 3. The molecule has 0 bridgehead atoms. The Morgan fingerprint density at radius 2 is 1.79 bits per heavy atom. The fourth-order valence-corrected chi connectivity index (χ4v) is 3.83. The first-order chi connectivity index (χ1) is 13.4. The number of thiocarbonyl (C=S) groups is 1. The summed E-state index contributed by atoms with van der Waals surface area (Å²) in [4.78, 5) is 37.5. The Labute approximate surface area is 171 Å². The zero-order valence-electron chi connectivity index (χ0n) is 14.6. The van der Waals surface area contributed by atoms with Crippen LogP contribution in [0.15, 0.2) is 59.5 Å². The summed E-state index contributed by atoms with van der Waals surface area (Å²) in [6.45, 7) is 0.176. The number of aromatic carboxylic acids is 1. The molecular formula is C20H16N2O4S2. The summed E-state index contributed by atoms with van der Waals surface area (Å²) < 4.78 is 0.422. The monoisotopic (exact) mass is 412 g/mol. The molecule has 1 heterocycles. The van der Waals surface area contributed by atoms with E-state index in [1.807, 2.05) is 30.3 Å². The molecule has 0 atom stereocenters. The standard InChI is InChI=1S/C20H16N2O4S2/c23-17(21-15-8-6-14(7-9-15)19(25)26)10-11-22-18(24)16(28-20(22)27)12-13-4-2-1-3-5-13/h1-9,12H,10-11H2,(H,21,23)(H,25,26)/b16-12-. The maximum atomic E-state index is 12.6. The van der Waals surface area contributed by atoms with Crippen molar-refractivity contribution in [1.82, 2.24) is 4.90 Å². The van der Waals surface area contributed by atoms with Crippen LogP contribution < -0.4 is 5.32 Å². The Morgan fingerprint density at radius 3 is 2.43 bits per heavy atom. The molecule has 0 spiro atoms. The number of nitrogens with one attached hydrogen (secondary N) is 1. The second-order valence-corrected chi connectivity index (χ2v) is 7.60. The normalized spacial score (nSPS) is 15.1. The second kappa shape index (κ2) is 8.81. The molecule has 2 aromatic rings. The van der Waals surface area contributed by atoms with Gasteiger partial charge in [0.1, 0.15) is 4.32 Å². The Morgan fingerprint density at radius 1 is 1.11 bits per heavy atom. The fourth-order valence-electron chi connectivity index (χ4n) is 2.53. The molecule has 2 aromatic carbocycles. The maximum Gasteiger partial charge on any atom is 0.335 e. The minimum absolute atomic E-state index is 0.0751. The molecule has 1 aliphatic rings. The fraction of sp³-hybridized carbons (Fsp3) is 0.100. The van der Waals surface area contributed by atoms with Crippen LogP contribution in [0.3, 0.4) is 0 Å². The second-order valence-electron chi connectivity index (χ2n) is 5.92. The van der Waals surface area contributed by atoms with Gasteiger partial charge in [0.25, 0.3) is 5.91 Å². The molecule has 0 aliphatic carbocycles. The highest BCUT2D eigenvalue weighted by Crippen LogP contribution is 2.32. The van der Waals surface area contributed by atoms with Crippen LogP contribution in [0.1, 0.15) is 22.3 Å². The lowest BCUT2D eigenvalue weighted by Gasteiger charge is -2.14. The van der Waals surface area contributed by atoms with E-state index in [-0.39, 0.29) is 30.3 Å². The molecule has 142 valence electrons. The van der Waals surface area contributed by atoms with E-state index in [1.165, 1.54) is 40.9 Å². The Balaban J connectivity index is 1.57. The van der Waals surface area contributed by atoms with E-state index in [0.717, 1.165) is 5.56 Å². The molecule has 1 aliphatic heterocycles. The van der Waals surface area contributed by atoms with Gasteiger partial charge >= 0.3 is 5.97 Å². The minimum Gasteiger partial charge on any atom is -0.478 e. The third kappa shape index (κ3) is 4.85. The van der Waals surface area contributed by atoms with Crippen LogP contribution in [-0.4, -0.2) is 38.7 Å². The lowest BCUT2D eigenvalue weighted by Crippen LogP contribution is -2.31. The largest absolute Gasteiger partial charge is 0.478 e. The van der Waals surface area contributed by atoms with Gasteiger partial charge in [0.15, 0.2) is 0 Å². The van der Waals surface area contributed by atoms with Crippen LogP contribution in [-0.2, 0) is 9.59 Å². The third-order valence-corrected chi connectivity index (χ3v) is 5.33. The summed E-state index contributed by atoms with van der Waals surface area (Å²) in [6, 6.07) is 15.3. The topological polar surface area (TPSA) is 86.7 Å². The molecule has 2 N–H and O–H groups in total. The molecule has 6 nitrogen and oxygen atoms in total. The van der Waals surface area contributed by atoms with Gasteiger partial charge in [-0.05, 0) is 35.9 Å². The molecule has 0 aromatic heterocycles. The molecule has 1 fully saturated rings. The number of amides is 2. The van der Waals surface area contributed by atoms with E-state index in [1.54, 1.807) is 6.08 Å². The number of anilines is 1. The number of thioether (sulfide) groups is 1. The molecule has 2 amide bonds. The van der Waals surface area contributed by atoms with Crippen LogP contribution in [0.2, 0.25) is 0 Å². The van der Waals surface area contributed by atoms with Crippen molar-refractivity contribution in [3.8, 4) is 0 Å². The maximum absolute atomic E-state index is 12.6. The number of hydrogen-bond acceptors (Lipinski definition) is 5. The van der Waals surface area contributed by atoms with Crippen LogP contribution in [0.5, 0.6) is 0 Å². The van der Waals surface area contributed by atoms with Crippen molar-refractivity contribution < 1.29 is 19.5 Å². The molecular weight excluding hydrogens is 396 g/mol. The van der Waals surface area contributed by atoms with Crippen molar-refractivity contribution in [2.24, 2.45) is 0 Å². The summed E-state index contributed by atoms with van der Waals surface area (Å²) in [5.74, 6) is -1.53. The first-order valence-electron chi connectivity index (χ1n) is 8.37. The molecule has 3 rings (SSSR count). The molecule has 1 saturated heterocycles. The highest BCUT2D eigenvalue weighted by Gasteiger charge is 2.32. The van der Waals surface area contributed by atoms with Crippen molar-refractivity contribution in [2.75, 3.05) is 11.9 Å². The molecule has 0 unspecified atom stereocenters. The van der Waals surface area contributed by atoms with Gasteiger partial charge in [0.2, 0.25) is 5.91 Å². The van der Waals surface area contributed by atoms with Crippen LogP contribution in [0.4, 0.5) is 5.69 Å². The number of rotatable bonds is 6. The van der Waals surface area contributed by atoms with Crippen molar-refractivity contribution >= 4 is 57.8 Å². The van der Waals surface area contributed by atoms with Gasteiger partial charge < -0.3 is 10.4 Å².